The molecule has 1 aromatic rings. The third-order valence-corrected chi connectivity index (χ3v) is 5.48. The Balaban J connectivity index is 1.75. The highest BCUT2D eigenvalue weighted by molar-refractivity contribution is 7.85. The second kappa shape index (κ2) is 7.80. The van der Waals surface area contributed by atoms with Gasteiger partial charge in [0.05, 0.1) is 11.4 Å². The lowest BCUT2D eigenvalue weighted by Crippen LogP contribution is -2.18. The highest BCUT2D eigenvalue weighted by Gasteiger charge is 2.18. The number of carbonyl (C=O) groups excluding carboxylic acids is 1. The second-order valence-corrected chi connectivity index (χ2v) is 7.55. The third kappa shape index (κ3) is 5.32. The Hall–Kier alpha value is -1.07. The van der Waals surface area contributed by atoms with Crippen molar-refractivity contribution >= 4 is 39.7 Å². The van der Waals surface area contributed by atoms with Crippen LogP contribution in [0.5, 0.6) is 0 Å². The van der Waals surface area contributed by atoms with Gasteiger partial charge in [-0.3, -0.25) is 9.00 Å². The van der Waals surface area contributed by atoms with Crippen LogP contribution < -0.4 is 11.1 Å². The van der Waals surface area contributed by atoms with E-state index in [1.807, 2.05) is 0 Å². The molecule has 4 nitrogen and oxygen atoms in total. The van der Waals surface area contributed by atoms with Crippen LogP contribution in [0.4, 0.5) is 11.4 Å². The summed E-state index contributed by atoms with van der Waals surface area (Å²) in [6.07, 6.45) is 5.11. The van der Waals surface area contributed by atoms with Gasteiger partial charge < -0.3 is 11.1 Å². The smallest absolute Gasteiger partial charge is 0.225 e. The van der Waals surface area contributed by atoms with Gasteiger partial charge >= 0.3 is 0 Å². The number of amides is 1. The molecule has 0 bridgehead atoms. The van der Waals surface area contributed by atoms with Gasteiger partial charge in [-0.2, -0.15) is 0 Å². The van der Waals surface area contributed by atoms with Crippen LogP contribution in [-0.4, -0.2) is 21.6 Å². The lowest BCUT2D eigenvalue weighted by Gasteiger charge is -2.10. The average Bonchev–Trinajstić information content (AvgIpc) is 2.92. The van der Waals surface area contributed by atoms with Crippen LogP contribution in [0.15, 0.2) is 18.2 Å². The number of benzene rings is 1. The lowest BCUT2D eigenvalue weighted by molar-refractivity contribution is -0.115. The van der Waals surface area contributed by atoms with Crippen LogP contribution in [0, 0.1) is 5.92 Å². The van der Waals surface area contributed by atoms with Gasteiger partial charge in [0.1, 0.15) is 0 Å². The SMILES string of the molecule is Nc1cc(Cl)ccc1NC(=O)CCS(=O)CC1CCCC1. The largest absolute Gasteiger partial charge is 0.397 e. The molecule has 1 aliphatic carbocycles. The normalized spacial score (nSPS) is 16.8. The van der Waals surface area contributed by atoms with Crippen LogP contribution in [0.3, 0.4) is 0 Å². The maximum Gasteiger partial charge on any atom is 0.225 e. The fourth-order valence-corrected chi connectivity index (χ4v) is 4.21. The minimum atomic E-state index is -0.911. The zero-order chi connectivity index (χ0) is 15.2. The summed E-state index contributed by atoms with van der Waals surface area (Å²) >= 11 is 5.80. The van der Waals surface area contributed by atoms with E-state index in [2.05, 4.69) is 5.32 Å². The van der Waals surface area contributed by atoms with Gasteiger partial charge in [-0.25, -0.2) is 0 Å². The molecule has 1 fully saturated rings. The van der Waals surface area contributed by atoms with Crippen molar-refractivity contribution < 1.29 is 9.00 Å². The summed E-state index contributed by atoms with van der Waals surface area (Å²) < 4.78 is 12.0. The first-order valence-corrected chi connectivity index (χ1v) is 9.11. The number of halogens is 1. The molecule has 0 heterocycles. The summed E-state index contributed by atoms with van der Waals surface area (Å²) in [5, 5.41) is 3.26. The van der Waals surface area contributed by atoms with Gasteiger partial charge in [-0.05, 0) is 37.0 Å². The Bertz CT molecular complexity index is 530. The molecule has 0 aliphatic heterocycles. The number of nitrogens with one attached hydrogen (secondary N) is 1. The van der Waals surface area contributed by atoms with E-state index in [1.165, 1.54) is 25.7 Å². The zero-order valence-electron chi connectivity index (χ0n) is 11.9. The highest BCUT2D eigenvalue weighted by atomic mass is 35.5. The number of rotatable bonds is 6. The molecule has 1 aromatic carbocycles. The van der Waals surface area contributed by atoms with Crippen molar-refractivity contribution in [3.8, 4) is 0 Å². The molecule has 3 N–H and O–H groups in total. The van der Waals surface area contributed by atoms with Gasteiger partial charge in [-0.1, -0.05) is 24.4 Å². The summed E-state index contributed by atoms with van der Waals surface area (Å²) in [4.78, 5) is 11.9. The van der Waals surface area contributed by atoms with Crippen LogP contribution in [0.25, 0.3) is 0 Å². The van der Waals surface area contributed by atoms with E-state index in [4.69, 9.17) is 17.3 Å². The minimum absolute atomic E-state index is 0.163. The number of nitrogen functional groups attached to an aromatic ring is 1. The molecule has 21 heavy (non-hydrogen) atoms. The quantitative estimate of drug-likeness (QED) is 0.788. The Morgan fingerprint density at radius 3 is 2.76 bits per heavy atom. The van der Waals surface area contributed by atoms with E-state index in [0.717, 1.165) is 5.75 Å². The topological polar surface area (TPSA) is 72.2 Å². The van der Waals surface area contributed by atoms with Crippen LogP contribution >= 0.6 is 11.6 Å². The minimum Gasteiger partial charge on any atom is -0.397 e. The first-order valence-electron chi connectivity index (χ1n) is 7.24. The fraction of sp³-hybridized carbons (Fsp3) is 0.533. The van der Waals surface area contributed by atoms with Crippen molar-refractivity contribution in [3.05, 3.63) is 23.2 Å². The van der Waals surface area contributed by atoms with Gasteiger partial charge in [0.2, 0.25) is 5.91 Å². The predicted molar refractivity (Wildman–Crippen MR) is 88.9 cm³/mol. The Labute approximate surface area is 132 Å². The fourth-order valence-electron chi connectivity index (χ4n) is 2.59. The number of hydrogen-bond donors (Lipinski definition) is 2. The van der Waals surface area contributed by atoms with Gasteiger partial charge in [0, 0.05) is 33.7 Å². The Morgan fingerprint density at radius 1 is 1.38 bits per heavy atom. The first kappa shape index (κ1) is 16.3. The van der Waals surface area contributed by atoms with Gasteiger partial charge in [0.15, 0.2) is 0 Å². The van der Waals surface area contributed by atoms with Crippen LogP contribution in [-0.2, 0) is 15.6 Å². The summed E-state index contributed by atoms with van der Waals surface area (Å²) in [5.74, 6) is 1.57. The molecule has 0 aromatic heterocycles. The number of nitrogens with two attached hydrogens (primary N) is 1. The summed E-state index contributed by atoms with van der Waals surface area (Å²) in [6, 6.07) is 4.94. The van der Waals surface area contributed by atoms with Crippen molar-refractivity contribution in [2.45, 2.75) is 32.1 Å². The predicted octanol–water partition coefficient (Wildman–Crippen LogP) is 3.19. The monoisotopic (exact) mass is 328 g/mol. The molecule has 1 saturated carbocycles. The molecule has 2 rings (SSSR count). The molecule has 6 heteroatoms. The standard InChI is InChI=1S/C15H21ClN2O2S/c16-12-5-6-14(13(17)9-12)18-15(19)7-8-21(20)10-11-3-1-2-4-11/h5-6,9,11H,1-4,7-8,10,17H2,(H,18,19). The van der Waals surface area contributed by atoms with E-state index < -0.39 is 10.8 Å². The van der Waals surface area contributed by atoms with E-state index >= 15 is 0 Å². The molecule has 0 spiro atoms. The molecular weight excluding hydrogens is 308 g/mol. The molecule has 1 amide bonds. The maximum absolute atomic E-state index is 12.0. The van der Waals surface area contributed by atoms with Crippen molar-refractivity contribution in [1.82, 2.24) is 0 Å². The molecule has 1 aliphatic rings. The molecule has 116 valence electrons. The number of hydrogen-bond acceptors (Lipinski definition) is 3. The summed E-state index contributed by atoms with van der Waals surface area (Å²) in [5.41, 5.74) is 6.76. The molecular formula is C15H21ClN2O2S. The summed E-state index contributed by atoms with van der Waals surface area (Å²) in [6.45, 7) is 0. The van der Waals surface area contributed by atoms with Crippen molar-refractivity contribution in [1.29, 1.82) is 0 Å². The third-order valence-electron chi connectivity index (χ3n) is 3.74. The van der Waals surface area contributed by atoms with Crippen molar-refractivity contribution in [2.75, 3.05) is 22.6 Å². The highest BCUT2D eigenvalue weighted by Crippen LogP contribution is 2.25. The lowest BCUT2D eigenvalue weighted by atomic mass is 10.1. The summed E-state index contributed by atoms with van der Waals surface area (Å²) in [7, 11) is -0.911. The second-order valence-electron chi connectivity index (χ2n) is 5.49. The van der Waals surface area contributed by atoms with Gasteiger partial charge in [-0.15, -0.1) is 0 Å². The van der Waals surface area contributed by atoms with Crippen LogP contribution in [0.2, 0.25) is 5.02 Å². The molecule has 0 saturated heterocycles. The molecule has 1 unspecified atom stereocenters. The average molecular weight is 329 g/mol. The van der Waals surface area contributed by atoms with Gasteiger partial charge in [0.25, 0.3) is 0 Å². The first-order chi connectivity index (χ1) is 10.0. The molecule has 1 atom stereocenters. The Kier molecular flexibility index (Phi) is 6.06. The van der Waals surface area contributed by atoms with Crippen LogP contribution in [0.1, 0.15) is 32.1 Å². The van der Waals surface area contributed by atoms with E-state index in [0.29, 0.717) is 28.1 Å². The van der Waals surface area contributed by atoms with E-state index in [9.17, 15) is 9.00 Å². The Morgan fingerprint density at radius 2 is 2.10 bits per heavy atom. The number of anilines is 2. The van der Waals surface area contributed by atoms with E-state index in [1.54, 1.807) is 18.2 Å². The van der Waals surface area contributed by atoms with E-state index in [-0.39, 0.29) is 12.3 Å². The molecule has 0 radical (unpaired) electrons. The van der Waals surface area contributed by atoms with Crippen molar-refractivity contribution in [3.63, 3.8) is 0 Å². The maximum atomic E-state index is 12.0. The number of carbonyl (C=O) groups is 1. The van der Waals surface area contributed by atoms with Crippen molar-refractivity contribution in [2.24, 2.45) is 5.92 Å². The zero-order valence-corrected chi connectivity index (χ0v) is 13.5.